The van der Waals surface area contributed by atoms with Crippen LogP contribution in [0.5, 0.6) is 0 Å². The van der Waals surface area contributed by atoms with E-state index in [1.165, 1.54) is 0 Å². The average molecular weight is 353 g/mol. The second-order valence-electron chi connectivity index (χ2n) is 6.26. The van der Waals surface area contributed by atoms with E-state index in [1.807, 2.05) is 54.3 Å². The van der Waals surface area contributed by atoms with Crippen molar-refractivity contribution in [1.82, 2.24) is 14.9 Å². The molecule has 0 bridgehead atoms. The number of benzene rings is 2. The molecule has 2 heterocycles. The van der Waals surface area contributed by atoms with Crippen molar-refractivity contribution in [2.24, 2.45) is 0 Å². The lowest BCUT2D eigenvalue weighted by molar-refractivity contribution is 0.347. The molecule has 1 aliphatic heterocycles. The zero-order valence-electron chi connectivity index (χ0n) is 13.7. The smallest absolute Gasteiger partial charge is 0.145 e. The third-order valence-corrected chi connectivity index (χ3v) is 4.60. The fraction of sp³-hybridized carbons (Fsp3) is 0.158. The number of aliphatic hydroxyl groups excluding tert-OH is 1. The van der Waals surface area contributed by atoms with Gasteiger partial charge in [0.2, 0.25) is 0 Å². The first-order valence-electron chi connectivity index (χ1n) is 7.98. The van der Waals surface area contributed by atoms with Crippen LogP contribution in [0.25, 0.3) is 16.6 Å². The Kier molecular flexibility index (Phi) is 3.73. The van der Waals surface area contributed by atoms with Gasteiger partial charge in [0.05, 0.1) is 23.2 Å². The number of nitrogens with one attached hydrogen (secondary N) is 2. The highest BCUT2D eigenvalue weighted by Gasteiger charge is 2.30. The topological polar surface area (TPSA) is 76.0 Å². The minimum atomic E-state index is 0.162. The first kappa shape index (κ1) is 15.7. The van der Waals surface area contributed by atoms with Crippen LogP contribution in [0, 0.1) is 12.3 Å². The van der Waals surface area contributed by atoms with Gasteiger partial charge >= 0.3 is 0 Å². The standard InChI is InChI=1S/C19H17ClN4O/c1-11-2-7-14-15(8-11)23-19(22-14)17-16(25)10-24(18(17)21)9-12-3-5-13(20)6-4-12/h2-8,21,25H,9-10H2,1H3,(H,22,23). The second kappa shape index (κ2) is 5.93. The van der Waals surface area contributed by atoms with E-state index in [0.29, 0.717) is 29.5 Å². The van der Waals surface area contributed by atoms with Crippen LogP contribution in [0.1, 0.15) is 17.0 Å². The number of aryl methyl sites for hydroxylation is 1. The summed E-state index contributed by atoms with van der Waals surface area (Å²) in [5.74, 6) is 0.958. The molecule has 0 saturated carbocycles. The summed E-state index contributed by atoms with van der Waals surface area (Å²) in [6.07, 6.45) is 0. The maximum atomic E-state index is 10.4. The first-order chi connectivity index (χ1) is 12.0. The van der Waals surface area contributed by atoms with Gasteiger partial charge in [-0.05, 0) is 42.3 Å². The van der Waals surface area contributed by atoms with Crippen LogP contribution in [0.2, 0.25) is 5.02 Å². The Hall–Kier alpha value is -2.79. The molecule has 4 rings (SSSR count). The largest absolute Gasteiger partial charge is 0.510 e. The highest BCUT2D eigenvalue weighted by atomic mass is 35.5. The fourth-order valence-electron chi connectivity index (χ4n) is 3.07. The van der Waals surface area contributed by atoms with Gasteiger partial charge in [-0.3, -0.25) is 5.41 Å². The van der Waals surface area contributed by atoms with Crippen molar-refractivity contribution in [3.63, 3.8) is 0 Å². The maximum absolute atomic E-state index is 10.4. The number of amidine groups is 1. The molecule has 0 amide bonds. The van der Waals surface area contributed by atoms with Crippen molar-refractivity contribution in [3.05, 3.63) is 70.2 Å². The van der Waals surface area contributed by atoms with E-state index >= 15 is 0 Å². The molecule has 126 valence electrons. The van der Waals surface area contributed by atoms with E-state index in [-0.39, 0.29) is 11.6 Å². The van der Waals surface area contributed by atoms with Gasteiger partial charge in [0.1, 0.15) is 17.4 Å². The molecule has 25 heavy (non-hydrogen) atoms. The van der Waals surface area contributed by atoms with Gasteiger partial charge in [-0.2, -0.15) is 0 Å². The number of aromatic amines is 1. The number of halogens is 1. The molecule has 6 heteroatoms. The quantitative estimate of drug-likeness (QED) is 0.658. The molecule has 3 aromatic rings. The Bertz CT molecular complexity index is 1000. The molecule has 0 atom stereocenters. The van der Waals surface area contributed by atoms with Gasteiger partial charge in [-0.25, -0.2) is 4.98 Å². The van der Waals surface area contributed by atoms with Gasteiger partial charge < -0.3 is 15.0 Å². The van der Waals surface area contributed by atoms with E-state index < -0.39 is 0 Å². The van der Waals surface area contributed by atoms with Crippen LogP contribution < -0.4 is 0 Å². The van der Waals surface area contributed by atoms with Crippen molar-refractivity contribution < 1.29 is 5.11 Å². The van der Waals surface area contributed by atoms with Crippen molar-refractivity contribution >= 4 is 34.0 Å². The molecule has 0 radical (unpaired) electrons. The highest BCUT2D eigenvalue weighted by Crippen LogP contribution is 2.28. The van der Waals surface area contributed by atoms with Gasteiger partial charge in [-0.15, -0.1) is 0 Å². The van der Waals surface area contributed by atoms with Crippen LogP contribution in [-0.2, 0) is 6.54 Å². The summed E-state index contributed by atoms with van der Waals surface area (Å²) in [4.78, 5) is 9.56. The molecule has 0 fully saturated rings. The van der Waals surface area contributed by atoms with E-state index in [9.17, 15) is 5.11 Å². The van der Waals surface area contributed by atoms with Crippen molar-refractivity contribution in [3.8, 4) is 0 Å². The molecule has 0 spiro atoms. The van der Waals surface area contributed by atoms with Crippen LogP contribution >= 0.6 is 11.6 Å². The number of hydrogen-bond donors (Lipinski definition) is 3. The van der Waals surface area contributed by atoms with Crippen molar-refractivity contribution in [1.29, 1.82) is 5.41 Å². The third-order valence-electron chi connectivity index (χ3n) is 4.34. The second-order valence-corrected chi connectivity index (χ2v) is 6.70. The summed E-state index contributed by atoms with van der Waals surface area (Å²) in [6.45, 7) is 2.85. The van der Waals surface area contributed by atoms with Gasteiger partial charge in [-0.1, -0.05) is 29.8 Å². The third kappa shape index (κ3) is 2.87. The van der Waals surface area contributed by atoms with Crippen molar-refractivity contribution in [2.75, 3.05) is 6.54 Å². The van der Waals surface area contributed by atoms with Gasteiger partial charge in [0.15, 0.2) is 0 Å². The molecule has 1 aromatic heterocycles. The number of aliphatic hydroxyl groups is 1. The summed E-state index contributed by atoms with van der Waals surface area (Å²) in [7, 11) is 0. The van der Waals surface area contributed by atoms with Gasteiger partial charge in [0.25, 0.3) is 0 Å². The number of imidazole rings is 1. The zero-order chi connectivity index (χ0) is 17.6. The molecule has 0 unspecified atom stereocenters. The van der Waals surface area contributed by atoms with Crippen molar-refractivity contribution in [2.45, 2.75) is 13.5 Å². The summed E-state index contributed by atoms with van der Waals surface area (Å²) in [6, 6.07) is 13.4. The number of aromatic nitrogens is 2. The highest BCUT2D eigenvalue weighted by molar-refractivity contribution is 6.30. The Balaban J connectivity index is 1.62. The molecule has 3 N–H and O–H groups in total. The predicted molar refractivity (Wildman–Crippen MR) is 100.0 cm³/mol. The molecule has 0 saturated heterocycles. The Morgan fingerprint density at radius 2 is 2.00 bits per heavy atom. The Morgan fingerprint density at radius 1 is 1.24 bits per heavy atom. The number of rotatable bonds is 3. The number of fused-ring (bicyclic) bond motifs is 1. The van der Waals surface area contributed by atoms with Crippen LogP contribution in [0.3, 0.4) is 0 Å². The molecule has 0 aliphatic carbocycles. The SMILES string of the molecule is Cc1ccc2nc(C3=C(O)CN(Cc4ccc(Cl)cc4)C3=N)[nH]c2c1. The molecular weight excluding hydrogens is 336 g/mol. The van der Waals surface area contributed by atoms with Gasteiger partial charge in [0, 0.05) is 11.6 Å². The molecular formula is C19H17ClN4O. The molecule has 5 nitrogen and oxygen atoms in total. The number of nitrogens with zero attached hydrogens (tertiary/aromatic N) is 2. The monoisotopic (exact) mass is 352 g/mol. The lowest BCUT2D eigenvalue weighted by atomic mass is 10.2. The van der Waals surface area contributed by atoms with Crippen LogP contribution in [0.4, 0.5) is 0 Å². The zero-order valence-corrected chi connectivity index (χ0v) is 14.4. The molecule has 2 aromatic carbocycles. The summed E-state index contributed by atoms with van der Waals surface area (Å²) >= 11 is 5.92. The van der Waals surface area contributed by atoms with E-state index in [2.05, 4.69) is 9.97 Å². The Morgan fingerprint density at radius 3 is 2.76 bits per heavy atom. The summed E-state index contributed by atoms with van der Waals surface area (Å²) in [5, 5.41) is 19.5. The van der Waals surface area contributed by atoms with E-state index in [1.54, 1.807) is 0 Å². The maximum Gasteiger partial charge on any atom is 0.145 e. The Labute approximate surface area is 150 Å². The number of hydrogen-bond acceptors (Lipinski definition) is 3. The fourth-order valence-corrected chi connectivity index (χ4v) is 3.20. The van der Waals surface area contributed by atoms with Crippen LogP contribution in [-0.4, -0.2) is 32.4 Å². The predicted octanol–water partition coefficient (Wildman–Crippen LogP) is 4.29. The van der Waals surface area contributed by atoms with E-state index in [4.69, 9.17) is 17.0 Å². The lowest BCUT2D eigenvalue weighted by Crippen LogP contribution is -2.26. The first-order valence-corrected chi connectivity index (χ1v) is 8.36. The summed E-state index contributed by atoms with van der Waals surface area (Å²) < 4.78 is 0. The van der Waals surface area contributed by atoms with Crippen LogP contribution in [0.15, 0.2) is 48.2 Å². The minimum absolute atomic E-state index is 0.162. The normalized spacial score (nSPS) is 14.8. The lowest BCUT2D eigenvalue weighted by Gasteiger charge is -2.18. The molecule has 1 aliphatic rings. The number of H-pyrrole nitrogens is 1. The summed E-state index contributed by atoms with van der Waals surface area (Å²) in [5.41, 5.74) is 4.35. The van der Waals surface area contributed by atoms with E-state index in [0.717, 1.165) is 22.2 Å². The minimum Gasteiger partial charge on any atom is -0.510 e. The average Bonchev–Trinajstić information content (AvgIpc) is 3.10.